The van der Waals surface area contributed by atoms with Gasteiger partial charge in [0.05, 0.1) is 6.10 Å². The quantitative estimate of drug-likeness (QED) is 0.136. The van der Waals surface area contributed by atoms with Crippen LogP contribution in [0.5, 0.6) is 0 Å². The highest BCUT2D eigenvalue weighted by Crippen LogP contribution is 2.22. The third-order valence-corrected chi connectivity index (χ3v) is 5.82. The van der Waals surface area contributed by atoms with Crippen molar-refractivity contribution >= 4 is 41.8 Å². The van der Waals surface area contributed by atoms with Crippen LogP contribution in [0.4, 0.5) is 0 Å². The standard InChI is InChI=1S/C19H32N3O8S/c1-2-3-4-5-14(24)15(8-9-23)31-11-13(18(28)21-10-17(26)27)22-16(25)7-6-12(20)19(29)30/h9,12-15,20,24H,2-8,10-11H2,1H3,(H,21,28)(H,22,25)(H,26,27)(H,29,30). The van der Waals surface area contributed by atoms with E-state index in [1.54, 1.807) is 0 Å². The van der Waals surface area contributed by atoms with Crippen LogP contribution in [0.25, 0.3) is 0 Å². The fraction of sp³-hybridized carbons (Fsp3) is 0.737. The summed E-state index contributed by atoms with van der Waals surface area (Å²) in [7, 11) is 0. The van der Waals surface area contributed by atoms with E-state index >= 15 is 0 Å². The van der Waals surface area contributed by atoms with Gasteiger partial charge in [0.1, 0.15) is 24.9 Å². The number of aliphatic carboxylic acids is 2. The van der Waals surface area contributed by atoms with Gasteiger partial charge >= 0.3 is 11.9 Å². The van der Waals surface area contributed by atoms with Crippen LogP contribution in [0.1, 0.15) is 51.9 Å². The Bertz CT molecular complexity index is 605. The van der Waals surface area contributed by atoms with Crippen molar-refractivity contribution in [2.24, 2.45) is 0 Å². The molecule has 0 rings (SSSR count). The molecule has 0 aliphatic heterocycles. The van der Waals surface area contributed by atoms with Gasteiger partial charge in [-0.2, -0.15) is 11.8 Å². The van der Waals surface area contributed by atoms with Crippen molar-refractivity contribution < 1.29 is 39.3 Å². The van der Waals surface area contributed by atoms with Gasteiger partial charge in [0, 0.05) is 23.8 Å². The van der Waals surface area contributed by atoms with Crippen LogP contribution in [-0.4, -0.2) is 81.1 Å². The number of unbranched alkanes of at least 4 members (excludes halogenated alkanes) is 2. The van der Waals surface area contributed by atoms with Crippen molar-refractivity contribution in [3.05, 3.63) is 0 Å². The SMILES string of the molecule is CCCCCC(O)C(CC=O)SCC(NC(=O)CCC([NH])C(=O)O)C(=O)NCC(=O)O. The lowest BCUT2D eigenvalue weighted by atomic mass is 10.1. The van der Waals surface area contributed by atoms with E-state index in [0.717, 1.165) is 31.0 Å². The maximum Gasteiger partial charge on any atom is 0.322 e. The van der Waals surface area contributed by atoms with E-state index in [1.807, 2.05) is 6.92 Å². The Labute approximate surface area is 185 Å². The average Bonchev–Trinajstić information content (AvgIpc) is 2.71. The molecule has 0 aliphatic carbocycles. The average molecular weight is 463 g/mol. The summed E-state index contributed by atoms with van der Waals surface area (Å²) in [6, 6.07) is -2.63. The van der Waals surface area contributed by atoms with Crippen molar-refractivity contribution in [3.8, 4) is 0 Å². The number of aldehydes is 1. The minimum absolute atomic E-state index is 0.0240. The molecule has 1 radical (unpaired) electrons. The molecule has 177 valence electrons. The Morgan fingerprint density at radius 2 is 1.81 bits per heavy atom. The first-order valence-corrected chi connectivity index (χ1v) is 11.1. The summed E-state index contributed by atoms with van der Waals surface area (Å²) in [6.45, 7) is 1.37. The summed E-state index contributed by atoms with van der Waals surface area (Å²) in [4.78, 5) is 56.8. The third kappa shape index (κ3) is 13.7. The molecule has 2 amide bonds. The normalized spacial score (nSPS) is 14.7. The second-order valence-electron chi connectivity index (χ2n) is 7.00. The first-order chi connectivity index (χ1) is 14.6. The van der Waals surface area contributed by atoms with Gasteiger partial charge < -0.3 is 30.7 Å². The van der Waals surface area contributed by atoms with Gasteiger partial charge in [-0.25, -0.2) is 5.73 Å². The zero-order chi connectivity index (χ0) is 23.8. The van der Waals surface area contributed by atoms with Crippen molar-refractivity contribution in [1.29, 1.82) is 0 Å². The molecule has 0 aliphatic rings. The summed E-state index contributed by atoms with van der Waals surface area (Å²) < 4.78 is 0. The molecule has 0 aromatic rings. The van der Waals surface area contributed by atoms with Crippen molar-refractivity contribution in [3.63, 3.8) is 0 Å². The highest BCUT2D eigenvalue weighted by Gasteiger charge is 2.26. The second kappa shape index (κ2) is 16.5. The molecule has 0 heterocycles. The predicted molar refractivity (Wildman–Crippen MR) is 113 cm³/mol. The van der Waals surface area contributed by atoms with Gasteiger partial charge in [-0.3, -0.25) is 19.2 Å². The van der Waals surface area contributed by atoms with Gasteiger partial charge in [-0.1, -0.05) is 26.2 Å². The maximum absolute atomic E-state index is 12.3. The molecule has 0 bridgehead atoms. The molecular formula is C19H32N3O8S. The van der Waals surface area contributed by atoms with Crippen molar-refractivity contribution in [1.82, 2.24) is 16.4 Å². The Hall–Kier alpha value is -2.18. The largest absolute Gasteiger partial charge is 0.480 e. The highest BCUT2D eigenvalue weighted by molar-refractivity contribution is 8.00. The minimum atomic E-state index is -1.48. The lowest BCUT2D eigenvalue weighted by Gasteiger charge is -2.24. The van der Waals surface area contributed by atoms with E-state index < -0.39 is 53.7 Å². The number of carbonyl (C=O) groups is 5. The van der Waals surface area contributed by atoms with Crippen LogP contribution in [0.2, 0.25) is 0 Å². The number of nitrogens with one attached hydrogen (secondary N) is 3. The van der Waals surface area contributed by atoms with Crippen LogP contribution in [0.15, 0.2) is 0 Å². The molecule has 6 N–H and O–H groups in total. The monoisotopic (exact) mass is 462 g/mol. The Kier molecular flexibility index (Phi) is 15.3. The fourth-order valence-electron chi connectivity index (χ4n) is 2.57. The van der Waals surface area contributed by atoms with Gasteiger partial charge in [0.25, 0.3) is 0 Å². The van der Waals surface area contributed by atoms with Gasteiger partial charge in [0.15, 0.2) is 0 Å². The van der Waals surface area contributed by atoms with Crippen LogP contribution in [0.3, 0.4) is 0 Å². The van der Waals surface area contributed by atoms with Gasteiger partial charge in [-0.15, -0.1) is 0 Å². The van der Waals surface area contributed by atoms with E-state index in [-0.39, 0.29) is 25.0 Å². The number of carboxylic acids is 2. The van der Waals surface area contributed by atoms with Gasteiger partial charge in [0.2, 0.25) is 11.8 Å². The fourth-order valence-corrected chi connectivity index (χ4v) is 3.82. The lowest BCUT2D eigenvalue weighted by Crippen LogP contribution is -2.50. The molecule has 0 saturated heterocycles. The Balaban J connectivity index is 5.02. The first kappa shape index (κ1) is 28.8. The van der Waals surface area contributed by atoms with Crippen molar-refractivity contribution in [2.75, 3.05) is 12.3 Å². The van der Waals surface area contributed by atoms with E-state index in [1.165, 1.54) is 0 Å². The number of hydrogen-bond donors (Lipinski definition) is 5. The number of amides is 2. The van der Waals surface area contributed by atoms with Crippen LogP contribution in [-0.2, 0) is 24.0 Å². The molecule has 0 spiro atoms. The summed E-state index contributed by atoms with van der Waals surface area (Å²) in [5.74, 6) is -4.08. The third-order valence-electron chi connectivity index (χ3n) is 4.36. The molecule has 4 atom stereocenters. The smallest absolute Gasteiger partial charge is 0.322 e. The molecule has 0 fully saturated rings. The molecule has 31 heavy (non-hydrogen) atoms. The topological polar surface area (TPSA) is 194 Å². The summed E-state index contributed by atoms with van der Waals surface area (Å²) in [6.07, 6.45) is 2.56. The Morgan fingerprint density at radius 1 is 1.13 bits per heavy atom. The zero-order valence-electron chi connectivity index (χ0n) is 17.5. The first-order valence-electron chi connectivity index (χ1n) is 10.1. The Morgan fingerprint density at radius 3 is 2.35 bits per heavy atom. The van der Waals surface area contributed by atoms with Crippen LogP contribution < -0.4 is 16.4 Å². The number of carboxylic acid groups (broad SMARTS) is 2. The summed E-state index contributed by atoms with van der Waals surface area (Å²) in [5.41, 5.74) is 7.31. The lowest BCUT2D eigenvalue weighted by molar-refractivity contribution is -0.139. The second-order valence-corrected chi connectivity index (χ2v) is 8.27. The molecule has 0 aromatic carbocycles. The number of rotatable bonds is 18. The number of thioether (sulfide) groups is 1. The van der Waals surface area contributed by atoms with E-state index in [9.17, 15) is 29.1 Å². The van der Waals surface area contributed by atoms with E-state index in [0.29, 0.717) is 12.7 Å². The molecule has 12 heteroatoms. The highest BCUT2D eigenvalue weighted by atomic mass is 32.2. The van der Waals surface area contributed by atoms with E-state index in [2.05, 4.69) is 10.6 Å². The molecule has 0 aromatic heterocycles. The zero-order valence-corrected chi connectivity index (χ0v) is 18.4. The van der Waals surface area contributed by atoms with Gasteiger partial charge in [-0.05, 0) is 12.8 Å². The number of aliphatic hydroxyl groups excluding tert-OH is 1. The number of aliphatic hydroxyl groups is 1. The maximum atomic E-state index is 12.3. The number of hydrogen-bond acceptors (Lipinski definition) is 7. The molecule has 4 unspecified atom stereocenters. The minimum Gasteiger partial charge on any atom is -0.480 e. The van der Waals surface area contributed by atoms with E-state index in [4.69, 9.17) is 15.9 Å². The number of carbonyl (C=O) groups excluding carboxylic acids is 3. The molecule has 0 saturated carbocycles. The summed E-state index contributed by atoms with van der Waals surface area (Å²) >= 11 is 1.12. The van der Waals surface area contributed by atoms with Crippen LogP contribution in [0, 0.1) is 0 Å². The summed E-state index contributed by atoms with van der Waals surface area (Å²) in [5, 5.41) is 31.9. The van der Waals surface area contributed by atoms with Crippen molar-refractivity contribution in [2.45, 2.75) is 75.3 Å². The molecule has 11 nitrogen and oxygen atoms in total. The van der Waals surface area contributed by atoms with Crippen LogP contribution >= 0.6 is 11.8 Å². The predicted octanol–water partition coefficient (Wildman–Crippen LogP) is -0.180. The molecular weight excluding hydrogens is 430 g/mol.